The summed E-state index contributed by atoms with van der Waals surface area (Å²) in [6.45, 7) is 6.39. The van der Waals surface area contributed by atoms with Crippen LogP contribution in [0.25, 0.3) is 0 Å². The summed E-state index contributed by atoms with van der Waals surface area (Å²) in [6, 6.07) is 3.83. The van der Waals surface area contributed by atoms with Gasteiger partial charge in [0.05, 0.1) is 6.26 Å². The van der Waals surface area contributed by atoms with Crippen LogP contribution in [0, 0.1) is 5.41 Å². The van der Waals surface area contributed by atoms with Gasteiger partial charge in [-0.05, 0) is 17.5 Å². The molecule has 0 aromatic carbocycles. The van der Waals surface area contributed by atoms with Gasteiger partial charge in [0.15, 0.2) is 0 Å². The Hall–Kier alpha value is -0.760. The van der Waals surface area contributed by atoms with Gasteiger partial charge in [0.1, 0.15) is 11.9 Å². The molecule has 0 saturated carbocycles. The Kier molecular flexibility index (Phi) is 2.58. The average molecular weight is 168 g/mol. The topological polar surface area (TPSA) is 22.4 Å². The number of ether oxygens (including phenoxy) is 1. The second-order valence-corrected chi connectivity index (χ2v) is 4.00. The molecule has 1 heterocycles. The minimum Gasteiger partial charge on any atom is -0.467 e. The van der Waals surface area contributed by atoms with Gasteiger partial charge in [-0.1, -0.05) is 20.8 Å². The van der Waals surface area contributed by atoms with Crippen molar-refractivity contribution in [1.82, 2.24) is 0 Å². The van der Waals surface area contributed by atoms with Crippen molar-refractivity contribution in [3.63, 3.8) is 0 Å². The average Bonchev–Trinajstić information content (AvgIpc) is 2.38. The highest BCUT2D eigenvalue weighted by Gasteiger charge is 2.27. The highest BCUT2D eigenvalue weighted by molar-refractivity contribution is 5.05. The van der Waals surface area contributed by atoms with Crippen LogP contribution in [-0.2, 0) is 4.74 Å². The lowest BCUT2D eigenvalue weighted by atomic mass is 9.87. The fraction of sp³-hybridized carbons (Fsp3) is 0.600. The van der Waals surface area contributed by atoms with Crippen molar-refractivity contribution in [3.8, 4) is 0 Å². The highest BCUT2D eigenvalue weighted by atomic mass is 16.5. The lowest BCUT2D eigenvalue weighted by molar-refractivity contribution is -0.000242. The molecular weight excluding hydrogens is 152 g/mol. The van der Waals surface area contributed by atoms with Gasteiger partial charge in [0.25, 0.3) is 0 Å². The number of hydrogen-bond acceptors (Lipinski definition) is 2. The smallest absolute Gasteiger partial charge is 0.133 e. The Balaban J connectivity index is 2.84. The molecule has 1 rings (SSSR count). The van der Waals surface area contributed by atoms with Crippen molar-refractivity contribution >= 4 is 0 Å². The molecule has 0 fully saturated rings. The second-order valence-electron chi connectivity index (χ2n) is 4.00. The van der Waals surface area contributed by atoms with Gasteiger partial charge in [-0.25, -0.2) is 0 Å². The van der Waals surface area contributed by atoms with Crippen molar-refractivity contribution in [2.75, 3.05) is 7.11 Å². The highest BCUT2D eigenvalue weighted by Crippen LogP contribution is 2.35. The van der Waals surface area contributed by atoms with E-state index in [-0.39, 0.29) is 11.5 Å². The van der Waals surface area contributed by atoms with Gasteiger partial charge in [-0.2, -0.15) is 0 Å². The molecule has 68 valence electrons. The largest absolute Gasteiger partial charge is 0.467 e. The third-order valence-electron chi connectivity index (χ3n) is 1.82. The van der Waals surface area contributed by atoms with Crippen LogP contribution < -0.4 is 0 Å². The first kappa shape index (κ1) is 9.33. The fourth-order valence-electron chi connectivity index (χ4n) is 1.34. The zero-order chi connectivity index (χ0) is 9.19. The van der Waals surface area contributed by atoms with Crippen LogP contribution in [0.5, 0.6) is 0 Å². The molecule has 0 amide bonds. The van der Waals surface area contributed by atoms with Gasteiger partial charge in [-0.3, -0.25) is 0 Å². The Morgan fingerprint density at radius 2 is 2.08 bits per heavy atom. The molecule has 1 aromatic heterocycles. The number of hydrogen-bond donors (Lipinski definition) is 0. The fourth-order valence-corrected chi connectivity index (χ4v) is 1.34. The molecule has 1 aromatic rings. The molecule has 0 saturated heterocycles. The summed E-state index contributed by atoms with van der Waals surface area (Å²) in [4.78, 5) is 0. The third kappa shape index (κ3) is 1.89. The summed E-state index contributed by atoms with van der Waals surface area (Å²) < 4.78 is 10.7. The summed E-state index contributed by atoms with van der Waals surface area (Å²) in [5.74, 6) is 0.894. The van der Waals surface area contributed by atoms with E-state index in [1.807, 2.05) is 12.1 Å². The minimum absolute atomic E-state index is 0.0347. The van der Waals surface area contributed by atoms with E-state index in [0.717, 1.165) is 5.76 Å². The lowest BCUT2D eigenvalue weighted by Gasteiger charge is -2.27. The van der Waals surface area contributed by atoms with Crippen LogP contribution in [0.2, 0.25) is 0 Å². The Morgan fingerprint density at radius 1 is 1.42 bits per heavy atom. The van der Waals surface area contributed by atoms with E-state index in [1.165, 1.54) is 0 Å². The predicted molar refractivity (Wildman–Crippen MR) is 47.9 cm³/mol. The molecule has 0 bridgehead atoms. The Bertz CT molecular complexity index is 218. The van der Waals surface area contributed by atoms with Crippen LogP contribution in [0.1, 0.15) is 32.6 Å². The first-order valence-corrected chi connectivity index (χ1v) is 4.12. The first-order valence-electron chi connectivity index (χ1n) is 4.12. The van der Waals surface area contributed by atoms with E-state index in [9.17, 15) is 0 Å². The molecule has 12 heavy (non-hydrogen) atoms. The van der Waals surface area contributed by atoms with Crippen LogP contribution in [0.15, 0.2) is 22.8 Å². The van der Waals surface area contributed by atoms with E-state index in [0.29, 0.717) is 0 Å². The van der Waals surface area contributed by atoms with Crippen molar-refractivity contribution in [3.05, 3.63) is 24.2 Å². The Morgan fingerprint density at radius 3 is 2.42 bits per heavy atom. The second kappa shape index (κ2) is 3.31. The van der Waals surface area contributed by atoms with Gasteiger partial charge < -0.3 is 9.15 Å². The van der Waals surface area contributed by atoms with Gasteiger partial charge in [-0.15, -0.1) is 0 Å². The number of furan rings is 1. The predicted octanol–water partition coefficient (Wildman–Crippen LogP) is 3.01. The van der Waals surface area contributed by atoms with Gasteiger partial charge in [0.2, 0.25) is 0 Å². The lowest BCUT2D eigenvalue weighted by Crippen LogP contribution is -2.19. The third-order valence-corrected chi connectivity index (χ3v) is 1.82. The molecule has 2 nitrogen and oxygen atoms in total. The molecule has 0 aliphatic heterocycles. The molecule has 0 unspecified atom stereocenters. The molecule has 2 heteroatoms. The summed E-state index contributed by atoms with van der Waals surface area (Å²) in [6.07, 6.45) is 1.71. The normalized spacial score (nSPS) is 14.7. The van der Waals surface area contributed by atoms with E-state index < -0.39 is 0 Å². The number of methoxy groups -OCH3 is 1. The van der Waals surface area contributed by atoms with Crippen LogP contribution in [0.3, 0.4) is 0 Å². The van der Waals surface area contributed by atoms with Crippen LogP contribution in [-0.4, -0.2) is 7.11 Å². The van der Waals surface area contributed by atoms with Crippen molar-refractivity contribution in [2.45, 2.75) is 26.9 Å². The van der Waals surface area contributed by atoms with E-state index in [1.54, 1.807) is 13.4 Å². The molecular formula is C10H16O2. The molecule has 0 spiro atoms. The van der Waals surface area contributed by atoms with Crippen molar-refractivity contribution in [2.24, 2.45) is 5.41 Å². The molecule has 0 N–H and O–H groups in total. The monoisotopic (exact) mass is 168 g/mol. The van der Waals surface area contributed by atoms with E-state index in [2.05, 4.69) is 20.8 Å². The maximum absolute atomic E-state index is 5.37. The maximum Gasteiger partial charge on any atom is 0.133 e. The van der Waals surface area contributed by atoms with Crippen LogP contribution in [0.4, 0.5) is 0 Å². The summed E-state index contributed by atoms with van der Waals surface area (Å²) in [7, 11) is 1.71. The quantitative estimate of drug-likeness (QED) is 0.677. The van der Waals surface area contributed by atoms with Crippen molar-refractivity contribution < 1.29 is 9.15 Å². The Labute approximate surface area is 73.5 Å². The molecule has 0 aliphatic rings. The summed E-state index contributed by atoms with van der Waals surface area (Å²) >= 11 is 0. The van der Waals surface area contributed by atoms with Gasteiger partial charge >= 0.3 is 0 Å². The van der Waals surface area contributed by atoms with Crippen LogP contribution >= 0.6 is 0 Å². The standard InChI is InChI=1S/C10H16O2/c1-10(2,3)9(11-4)8-6-5-7-12-8/h5-7,9H,1-4H3/t9-/m1/s1. The van der Waals surface area contributed by atoms with E-state index >= 15 is 0 Å². The molecule has 0 radical (unpaired) electrons. The maximum atomic E-state index is 5.37. The van der Waals surface area contributed by atoms with Crippen molar-refractivity contribution in [1.29, 1.82) is 0 Å². The SMILES string of the molecule is CO[C@H](c1ccco1)C(C)(C)C. The minimum atomic E-state index is 0.0347. The first-order chi connectivity index (χ1) is 5.55. The summed E-state index contributed by atoms with van der Waals surface area (Å²) in [5.41, 5.74) is 0.0760. The number of rotatable bonds is 2. The van der Waals surface area contributed by atoms with E-state index in [4.69, 9.17) is 9.15 Å². The zero-order valence-corrected chi connectivity index (χ0v) is 8.13. The molecule has 1 atom stereocenters. The molecule has 0 aliphatic carbocycles. The van der Waals surface area contributed by atoms with Gasteiger partial charge in [0, 0.05) is 7.11 Å². The zero-order valence-electron chi connectivity index (χ0n) is 8.13. The summed E-state index contributed by atoms with van der Waals surface area (Å²) in [5, 5.41) is 0.